The van der Waals surface area contributed by atoms with Crippen LogP contribution in [-0.2, 0) is 9.59 Å². The van der Waals surface area contributed by atoms with Crippen molar-refractivity contribution in [2.45, 2.75) is 109 Å². The van der Waals surface area contributed by atoms with Crippen LogP contribution in [0.5, 0.6) is 0 Å². The minimum absolute atomic E-state index is 0.0488. The van der Waals surface area contributed by atoms with Gasteiger partial charge in [0.25, 0.3) is 0 Å². The Labute approximate surface area is 204 Å². The van der Waals surface area contributed by atoms with Gasteiger partial charge in [-0.15, -0.1) is 0 Å². The van der Waals surface area contributed by atoms with E-state index in [1.165, 1.54) is 62.3 Å². The zero-order valence-corrected chi connectivity index (χ0v) is 20.9. The monoisotopic (exact) mass is 473 g/mol. The van der Waals surface area contributed by atoms with E-state index in [0.29, 0.717) is 32.5 Å². The van der Waals surface area contributed by atoms with Crippen LogP contribution in [0.2, 0.25) is 0 Å². The van der Waals surface area contributed by atoms with E-state index in [1.807, 2.05) is 0 Å². The molecule has 3 heterocycles. The number of likely N-dealkylation sites (tertiary alicyclic amines) is 2. The number of carbonyl (C=O) groups is 3. The fraction of sp³-hybridized carbons (Fsp3) is 0.769. The fourth-order valence-corrected chi connectivity index (χ4v) is 5.21. The summed E-state index contributed by atoms with van der Waals surface area (Å²) in [6.07, 6.45) is 20.2. The van der Waals surface area contributed by atoms with Gasteiger partial charge in [-0.25, -0.2) is 9.78 Å². The first-order valence-corrected chi connectivity index (χ1v) is 13.5. The highest BCUT2D eigenvalue weighted by Crippen LogP contribution is 2.25. The number of hydrogen-bond donors (Lipinski definition) is 1. The van der Waals surface area contributed by atoms with E-state index in [0.717, 1.165) is 25.7 Å². The quantitative estimate of drug-likeness (QED) is 0.432. The molecule has 0 spiro atoms. The van der Waals surface area contributed by atoms with Crippen molar-refractivity contribution < 1.29 is 14.4 Å². The first kappa shape index (κ1) is 26.2. The molecule has 3 rings (SSSR count). The summed E-state index contributed by atoms with van der Waals surface area (Å²) >= 11 is 0. The van der Waals surface area contributed by atoms with Crippen LogP contribution >= 0.6 is 0 Å². The maximum Gasteiger partial charge on any atom is 0.330 e. The highest BCUT2D eigenvalue weighted by Gasteiger charge is 2.42. The number of hydrogen-bond acceptors (Lipinski definition) is 4. The van der Waals surface area contributed by atoms with Crippen molar-refractivity contribution >= 4 is 17.8 Å². The summed E-state index contributed by atoms with van der Waals surface area (Å²) < 4.78 is 1.41. The lowest BCUT2D eigenvalue weighted by atomic mass is 10.1. The van der Waals surface area contributed by atoms with Gasteiger partial charge in [0.15, 0.2) is 0 Å². The number of unbranched alkanes of at least 4 members (excludes halogenated alkanes) is 9. The number of amides is 3. The first-order valence-electron chi connectivity index (χ1n) is 13.5. The van der Waals surface area contributed by atoms with Crippen molar-refractivity contribution in [2.75, 3.05) is 19.6 Å². The number of carbonyl (C=O) groups excluding carboxylic acids is 3. The van der Waals surface area contributed by atoms with Crippen LogP contribution in [0.15, 0.2) is 18.7 Å². The average molecular weight is 474 g/mol. The van der Waals surface area contributed by atoms with Crippen molar-refractivity contribution in [3.05, 3.63) is 18.7 Å². The van der Waals surface area contributed by atoms with Gasteiger partial charge in [0.1, 0.15) is 18.4 Å². The Kier molecular flexibility index (Phi) is 10.9. The van der Waals surface area contributed by atoms with E-state index in [2.05, 4.69) is 17.2 Å². The molecule has 2 aliphatic heterocycles. The molecule has 0 bridgehead atoms. The smallest absolute Gasteiger partial charge is 0.330 e. The van der Waals surface area contributed by atoms with Crippen LogP contribution in [0.4, 0.5) is 4.79 Å². The lowest BCUT2D eigenvalue weighted by Gasteiger charge is -2.30. The molecule has 1 N–H and O–H groups in total. The van der Waals surface area contributed by atoms with Crippen LogP contribution < -0.4 is 5.32 Å². The SMILES string of the molecule is CCCCCCCCCCCCNC(=O)[C@@H]1CCCN1C(=O)[C@@H]1CCCN1C(=O)n1ccnc1. The van der Waals surface area contributed by atoms with Gasteiger partial charge < -0.3 is 15.1 Å². The maximum absolute atomic E-state index is 13.3. The summed E-state index contributed by atoms with van der Waals surface area (Å²) in [5.41, 5.74) is 0. The van der Waals surface area contributed by atoms with Gasteiger partial charge in [-0.2, -0.15) is 0 Å². The lowest BCUT2D eigenvalue weighted by Crippen LogP contribution is -2.53. The Hall–Kier alpha value is -2.38. The van der Waals surface area contributed by atoms with Crippen LogP contribution in [0.1, 0.15) is 96.8 Å². The standard InChI is InChI=1S/C26H43N5O3/c1-2-3-4-5-6-7-8-9-10-11-16-28-24(32)22-14-12-18-30(22)25(33)23-15-13-19-31(23)26(34)29-20-17-27-21-29/h17,20-23H,2-16,18-19H2,1H3,(H,28,32)/t22-,23-/m0/s1. The van der Waals surface area contributed by atoms with Gasteiger partial charge in [0.05, 0.1) is 0 Å². The maximum atomic E-state index is 13.3. The summed E-state index contributed by atoms with van der Waals surface area (Å²) in [4.78, 5) is 46.2. The average Bonchev–Trinajstić information content (AvgIpc) is 3.63. The van der Waals surface area contributed by atoms with Gasteiger partial charge in [0.2, 0.25) is 11.8 Å². The summed E-state index contributed by atoms with van der Waals surface area (Å²) in [6, 6.07) is -1.14. The zero-order chi connectivity index (χ0) is 24.2. The Bertz CT molecular complexity index is 766. The molecular formula is C26H43N5O3. The number of rotatable bonds is 13. The second-order valence-electron chi connectivity index (χ2n) is 9.77. The number of aromatic nitrogens is 2. The van der Waals surface area contributed by atoms with E-state index in [1.54, 1.807) is 22.2 Å². The molecule has 3 amide bonds. The van der Waals surface area contributed by atoms with Crippen LogP contribution in [0.3, 0.4) is 0 Å². The summed E-state index contributed by atoms with van der Waals surface area (Å²) in [5, 5.41) is 3.06. The van der Waals surface area contributed by atoms with Crippen LogP contribution in [0, 0.1) is 0 Å². The Balaban J connectivity index is 1.36. The minimum atomic E-state index is -0.495. The Morgan fingerprint density at radius 2 is 1.47 bits per heavy atom. The zero-order valence-electron chi connectivity index (χ0n) is 20.9. The molecule has 1 aromatic heterocycles. The minimum Gasteiger partial charge on any atom is -0.354 e. The third-order valence-electron chi connectivity index (χ3n) is 7.18. The summed E-state index contributed by atoms with van der Waals surface area (Å²) in [6.45, 7) is 4.05. The normalized spacial score (nSPS) is 20.1. The third kappa shape index (κ3) is 7.31. The summed E-state index contributed by atoms with van der Waals surface area (Å²) in [7, 11) is 0. The molecule has 1 aromatic rings. The van der Waals surface area contributed by atoms with E-state index in [4.69, 9.17) is 0 Å². The largest absolute Gasteiger partial charge is 0.354 e. The van der Waals surface area contributed by atoms with Crippen molar-refractivity contribution in [3.63, 3.8) is 0 Å². The van der Waals surface area contributed by atoms with E-state index in [-0.39, 0.29) is 17.8 Å². The van der Waals surface area contributed by atoms with Crippen molar-refractivity contribution in [1.29, 1.82) is 0 Å². The molecule has 0 unspecified atom stereocenters. The molecule has 190 valence electrons. The predicted octanol–water partition coefficient (Wildman–Crippen LogP) is 4.34. The van der Waals surface area contributed by atoms with Crippen molar-refractivity contribution in [1.82, 2.24) is 24.7 Å². The summed E-state index contributed by atoms with van der Waals surface area (Å²) in [5.74, 6) is -0.144. The highest BCUT2D eigenvalue weighted by atomic mass is 16.2. The van der Waals surface area contributed by atoms with E-state index < -0.39 is 12.1 Å². The van der Waals surface area contributed by atoms with Gasteiger partial charge in [-0.05, 0) is 32.1 Å². The van der Waals surface area contributed by atoms with Gasteiger partial charge >= 0.3 is 6.03 Å². The predicted molar refractivity (Wildman–Crippen MR) is 132 cm³/mol. The molecule has 2 aliphatic rings. The second kappa shape index (κ2) is 14.1. The van der Waals surface area contributed by atoms with Crippen molar-refractivity contribution in [3.8, 4) is 0 Å². The third-order valence-corrected chi connectivity index (χ3v) is 7.18. The van der Waals surface area contributed by atoms with E-state index >= 15 is 0 Å². The molecule has 0 radical (unpaired) electrons. The molecule has 2 fully saturated rings. The number of nitrogens with zero attached hydrogens (tertiary/aromatic N) is 4. The fourth-order valence-electron chi connectivity index (χ4n) is 5.21. The molecule has 8 nitrogen and oxygen atoms in total. The van der Waals surface area contributed by atoms with Crippen LogP contribution in [-0.4, -0.2) is 68.9 Å². The molecule has 0 aromatic carbocycles. The highest BCUT2D eigenvalue weighted by molar-refractivity contribution is 5.93. The molecule has 8 heteroatoms. The van der Waals surface area contributed by atoms with Gasteiger partial charge in [0, 0.05) is 32.0 Å². The lowest BCUT2D eigenvalue weighted by molar-refractivity contribution is -0.141. The Morgan fingerprint density at radius 3 is 2.12 bits per heavy atom. The van der Waals surface area contributed by atoms with Gasteiger partial charge in [-0.1, -0.05) is 64.7 Å². The second-order valence-corrected chi connectivity index (χ2v) is 9.77. The number of imidazole rings is 1. The number of nitrogens with one attached hydrogen (secondary N) is 1. The van der Waals surface area contributed by atoms with E-state index in [9.17, 15) is 14.4 Å². The molecular weight excluding hydrogens is 430 g/mol. The molecule has 34 heavy (non-hydrogen) atoms. The molecule has 2 atom stereocenters. The Morgan fingerprint density at radius 1 is 0.853 bits per heavy atom. The molecule has 0 aliphatic carbocycles. The first-order chi connectivity index (χ1) is 16.6. The van der Waals surface area contributed by atoms with Crippen LogP contribution in [0.25, 0.3) is 0 Å². The molecule has 0 saturated carbocycles. The topological polar surface area (TPSA) is 87.5 Å². The van der Waals surface area contributed by atoms with Crippen molar-refractivity contribution in [2.24, 2.45) is 0 Å². The molecule has 2 saturated heterocycles. The van der Waals surface area contributed by atoms with Gasteiger partial charge in [-0.3, -0.25) is 14.2 Å².